The topological polar surface area (TPSA) is 112 Å². The number of benzene rings is 1. The first-order valence-electron chi connectivity index (χ1n) is 11.2. The molecule has 1 aliphatic rings. The molecule has 9 nitrogen and oxygen atoms in total. The number of furan rings is 1. The fourth-order valence-electron chi connectivity index (χ4n) is 4.36. The van der Waals surface area contributed by atoms with Gasteiger partial charge in [-0.2, -0.15) is 9.78 Å². The van der Waals surface area contributed by atoms with E-state index in [0.717, 1.165) is 47.2 Å². The molecule has 174 valence electrons. The molecule has 0 atom stereocenters. The molecule has 3 heterocycles. The molecule has 0 saturated heterocycles. The van der Waals surface area contributed by atoms with E-state index in [9.17, 15) is 9.59 Å². The van der Waals surface area contributed by atoms with Crippen LogP contribution in [0.5, 0.6) is 0 Å². The molecule has 0 aliphatic heterocycles. The molecule has 0 unspecified atom stereocenters. The Kier molecular flexibility index (Phi) is 5.61. The molecule has 0 bridgehead atoms. The highest BCUT2D eigenvalue weighted by atomic mass is 16.5. The number of carbonyl (C=O) groups excluding carboxylic acids is 2. The lowest BCUT2D eigenvalue weighted by Gasteiger charge is -2.09. The quantitative estimate of drug-likeness (QED) is 0.439. The van der Waals surface area contributed by atoms with Gasteiger partial charge in [0.2, 0.25) is 0 Å². The number of nitrogens with zero attached hydrogens (tertiary/aromatic N) is 4. The van der Waals surface area contributed by atoms with Gasteiger partial charge in [0.15, 0.2) is 6.61 Å². The zero-order chi connectivity index (χ0) is 23.8. The summed E-state index contributed by atoms with van der Waals surface area (Å²) < 4.78 is 12.3. The van der Waals surface area contributed by atoms with Gasteiger partial charge in [-0.1, -0.05) is 0 Å². The molecule has 3 aromatic heterocycles. The smallest absolute Gasteiger partial charge is 0.310 e. The van der Waals surface area contributed by atoms with E-state index in [-0.39, 0.29) is 6.42 Å². The van der Waals surface area contributed by atoms with Gasteiger partial charge in [-0.3, -0.25) is 9.59 Å². The highest BCUT2D eigenvalue weighted by Gasteiger charge is 2.19. The van der Waals surface area contributed by atoms with Crippen LogP contribution in [0.1, 0.15) is 40.2 Å². The number of rotatable bonds is 6. The second-order valence-electron chi connectivity index (χ2n) is 8.65. The Morgan fingerprint density at radius 3 is 2.53 bits per heavy atom. The third-order valence-electron chi connectivity index (χ3n) is 5.83. The van der Waals surface area contributed by atoms with Crippen LogP contribution in [0.15, 0.2) is 34.9 Å². The van der Waals surface area contributed by atoms with Crippen molar-refractivity contribution in [3.63, 3.8) is 0 Å². The highest BCUT2D eigenvalue weighted by molar-refractivity contribution is 5.93. The number of amides is 1. The van der Waals surface area contributed by atoms with E-state index in [0.29, 0.717) is 17.5 Å². The summed E-state index contributed by atoms with van der Waals surface area (Å²) in [4.78, 5) is 33.7. The molecule has 0 spiro atoms. The molecule has 34 heavy (non-hydrogen) atoms. The summed E-state index contributed by atoms with van der Waals surface area (Å²) >= 11 is 0. The van der Waals surface area contributed by atoms with Crippen molar-refractivity contribution in [1.82, 2.24) is 19.7 Å². The monoisotopic (exact) mass is 459 g/mol. The third kappa shape index (κ3) is 4.41. The zero-order valence-electron chi connectivity index (χ0n) is 19.3. The van der Waals surface area contributed by atoms with Crippen molar-refractivity contribution in [3.8, 4) is 5.95 Å². The van der Waals surface area contributed by atoms with E-state index >= 15 is 0 Å². The van der Waals surface area contributed by atoms with Crippen LogP contribution < -0.4 is 5.32 Å². The number of aryl methyl sites for hydroxylation is 5. The Morgan fingerprint density at radius 1 is 1.03 bits per heavy atom. The Morgan fingerprint density at radius 2 is 1.76 bits per heavy atom. The van der Waals surface area contributed by atoms with Crippen molar-refractivity contribution >= 4 is 28.7 Å². The minimum absolute atomic E-state index is 0.0342. The van der Waals surface area contributed by atoms with Gasteiger partial charge in [0.05, 0.1) is 18.4 Å². The van der Waals surface area contributed by atoms with Crippen LogP contribution in [-0.2, 0) is 33.6 Å². The van der Waals surface area contributed by atoms with E-state index in [4.69, 9.17) is 9.15 Å². The fraction of sp³-hybridized carbons (Fsp3) is 0.320. The van der Waals surface area contributed by atoms with Gasteiger partial charge in [0.25, 0.3) is 11.9 Å². The molecule has 1 N–H and O–H groups in total. The number of anilines is 1. The Bertz CT molecular complexity index is 1400. The van der Waals surface area contributed by atoms with Crippen molar-refractivity contribution in [2.75, 3.05) is 11.9 Å². The molecular weight excluding hydrogens is 434 g/mol. The van der Waals surface area contributed by atoms with Gasteiger partial charge >= 0.3 is 5.97 Å². The standard InChI is InChI=1S/C25H25N5O4/c1-14-7-15(2)27-25(26-14)30-22(8-16(3)29-30)28-23(31)13-34-24(32)11-19-12-33-21-10-18-6-4-5-17(18)9-20(19)21/h7-10,12H,4-6,11,13H2,1-3H3,(H,28,31). The van der Waals surface area contributed by atoms with Gasteiger partial charge in [-0.25, -0.2) is 9.97 Å². The van der Waals surface area contributed by atoms with Crippen LogP contribution in [0.2, 0.25) is 0 Å². The second kappa shape index (κ2) is 8.74. The van der Waals surface area contributed by atoms with Crippen LogP contribution in [0.3, 0.4) is 0 Å². The average molecular weight is 460 g/mol. The van der Waals surface area contributed by atoms with E-state index in [1.807, 2.05) is 19.9 Å². The van der Waals surface area contributed by atoms with E-state index in [1.54, 1.807) is 19.3 Å². The van der Waals surface area contributed by atoms with Gasteiger partial charge in [0, 0.05) is 28.4 Å². The Labute approximate surface area is 196 Å². The van der Waals surface area contributed by atoms with Crippen LogP contribution in [0, 0.1) is 20.8 Å². The predicted molar refractivity (Wildman–Crippen MR) is 125 cm³/mol. The van der Waals surface area contributed by atoms with Crippen molar-refractivity contribution in [2.24, 2.45) is 0 Å². The first kappa shape index (κ1) is 21.8. The van der Waals surface area contributed by atoms with Gasteiger partial charge in [-0.05, 0) is 69.4 Å². The maximum Gasteiger partial charge on any atom is 0.310 e. The van der Waals surface area contributed by atoms with Crippen molar-refractivity contribution in [3.05, 3.63) is 64.3 Å². The lowest BCUT2D eigenvalue weighted by atomic mass is 10.0. The Balaban J connectivity index is 1.23. The first-order valence-corrected chi connectivity index (χ1v) is 11.2. The molecule has 4 aromatic rings. The highest BCUT2D eigenvalue weighted by Crippen LogP contribution is 2.30. The summed E-state index contributed by atoms with van der Waals surface area (Å²) in [5, 5.41) is 8.03. The van der Waals surface area contributed by atoms with E-state index < -0.39 is 18.5 Å². The summed E-state index contributed by atoms with van der Waals surface area (Å²) in [6.45, 7) is 5.12. The summed E-state index contributed by atoms with van der Waals surface area (Å²) in [5.74, 6) is -0.219. The van der Waals surface area contributed by atoms with Crippen LogP contribution in [0.4, 0.5) is 5.82 Å². The number of aromatic nitrogens is 4. The van der Waals surface area contributed by atoms with Gasteiger partial charge in [-0.15, -0.1) is 0 Å². The number of fused-ring (bicyclic) bond motifs is 2. The third-order valence-corrected chi connectivity index (χ3v) is 5.83. The summed E-state index contributed by atoms with van der Waals surface area (Å²) in [5.41, 5.74) is 6.43. The van der Waals surface area contributed by atoms with Crippen molar-refractivity contribution in [2.45, 2.75) is 46.5 Å². The fourth-order valence-corrected chi connectivity index (χ4v) is 4.36. The zero-order valence-corrected chi connectivity index (χ0v) is 19.3. The minimum atomic E-state index is -0.499. The molecule has 5 rings (SSSR count). The molecular formula is C25H25N5O4. The number of hydrogen-bond donors (Lipinski definition) is 1. The van der Waals surface area contributed by atoms with E-state index in [1.165, 1.54) is 15.8 Å². The van der Waals surface area contributed by atoms with Gasteiger partial charge < -0.3 is 14.5 Å². The molecule has 1 amide bonds. The minimum Gasteiger partial charge on any atom is -0.464 e. The largest absolute Gasteiger partial charge is 0.464 e. The molecule has 9 heteroatoms. The molecule has 0 radical (unpaired) electrons. The number of esters is 1. The SMILES string of the molecule is Cc1cc(C)nc(-n2nc(C)cc2NC(=O)COC(=O)Cc2coc3cc4c(cc23)CCC4)n1. The summed E-state index contributed by atoms with van der Waals surface area (Å²) in [6.07, 6.45) is 4.87. The number of hydrogen-bond acceptors (Lipinski definition) is 7. The maximum absolute atomic E-state index is 12.5. The number of nitrogens with one attached hydrogen (secondary N) is 1. The molecule has 0 saturated carbocycles. The second-order valence-corrected chi connectivity index (χ2v) is 8.65. The van der Waals surface area contributed by atoms with Crippen molar-refractivity contribution < 1.29 is 18.7 Å². The summed E-state index contributed by atoms with van der Waals surface area (Å²) in [7, 11) is 0. The summed E-state index contributed by atoms with van der Waals surface area (Å²) in [6, 6.07) is 7.73. The van der Waals surface area contributed by atoms with E-state index in [2.05, 4.69) is 32.5 Å². The lowest BCUT2D eigenvalue weighted by molar-refractivity contribution is -0.146. The maximum atomic E-state index is 12.5. The van der Waals surface area contributed by atoms with Crippen molar-refractivity contribution in [1.29, 1.82) is 0 Å². The molecule has 1 aliphatic carbocycles. The Hall–Kier alpha value is -4.01. The predicted octanol–water partition coefficient (Wildman–Crippen LogP) is 3.55. The number of carbonyl (C=O) groups is 2. The van der Waals surface area contributed by atoms with Gasteiger partial charge in [0.1, 0.15) is 11.4 Å². The first-order chi connectivity index (χ1) is 16.4. The van der Waals surface area contributed by atoms with Crippen LogP contribution >= 0.6 is 0 Å². The van der Waals surface area contributed by atoms with Crippen LogP contribution in [0.25, 0.3) is 16.9 Å². The normalized spacial score (nSPS) is 12.7. The molecule has 1 aromatic carbocycles. The lowest BCUT2D eigenvalue weighted by Crippen LogP contribution is -2.23. The average Bonchev–Trinajstić information content (AvgIpc) is 3.49. The molecule has 0 fully saturated rings. The number of ether oxygens (including phenoxy) is 1. The van der Waals surface area contributed by atoms with Crippen LogP contribution in [-0.4, -0.2) is 38.2 Å².